The number of thioether (sulfide) groups is 1. The van der Waals surface area contributed by atoms with Crippen LogP contribution in [0.3, 0.4) is 0 Å². The second-order valence-electron chi connectivity index (χ2n) is 3.71. The largest absolute Gasteiger partial charge is 0.224 e. The van der Waals surface area contributed by atoms with E-state index in [1.54, 1.807) is 16.4 Å². The normalized spacial score (nSPS) is 12.0. The van der Waals surface area contributed by atoms with Gasteiger partial charge in [-0.2, -0.15) is 0 Å². The van der Waals surface area contributed by atoms with Crippen LogP contribution < -0.4 is 0 Å². The molecule has 0 fully saturated rings. The quantitative estimate of drug-likeness (QED) is 0.597. The SMILES string of the molecule is CCC(CC)(CBr)CSc1nnnn1C. The van der Waals surface area contributed by atoms with Crippen molar-refractivity contribution in [2.45, 2.75) is 31.8 Å². The maximum Gasteiger partial charge on any atom is 0.209 e. The van der Waals surface area contributed by atoms with E-state index >= 15 is 0 Å². The van der Waals surface area contributed by atoms with Crippen LogP contribution in [0.2, 0.25) is 0 Å². The lowest BCUT2D eigenvalue weighted by Crippen LogP contribution is -2.24. The Morgan fingerprint density at radius 1 is 1.40 bits per heavy atom. The van der Waals surface area contributed by atoms with Gasteiger partial charge in [-0.15, -0.1) is 5.10 Å². The van der Waals surface area contributed by atoms with Crippen LogP contribution in [0.4, 0.5) is 0 Å². The van der Waals surface area contributed by atoms with Crippen molar-refractivity contribution in [3.05, 3.63) is 0 Å². The lowest BCUT2D eigenvalue weighted by atomic mass is 9.87. The standard InChI is InChI=1S/C9H17BrN4S/c1-4-9(5-2,6-10)7-15-8-11-12-13-14(8)3/h4-7H2,1-3H3. The number of aryl methyl sites for hydroxylation is 1. The van der Waals surface area contributed by atoms with Gasteiger partial charge in [-0.25, -0.2) is 4.68 Å². The van der Waals surface area contributed by atoms with Crippen LogP contribution in [0.5, 0.6) is 0 Å². The van der Waals surface area contributed by atoms with Gasteiger partial charge in [-0.05, 0) is 28.7 Å². The summed E-state index contributed by atoms with van der Waals surface area (Å²) in [6, 6.07) is 0. The summed E-state index contributed by atoms with van der Waals surface area (Å²) in [7, 11) is 1.87. The fraction of sp³-hybridized carbons (Fsp3) is 0.889. The van der Waals surface area contributed by atoms with Gasteiger partial charge in [-0.1, -0.05) is 41.5 Å². The Bertz CT molecular complexity index is 290. The molecule has 1 aromatic rings. The van der Waals surface area contributed by atoms with Crippen molar-refractivity contribution in [3.8, 4) is 0 Å². The minimum Gasteiger partial charge on any atom is -0.224 e. The summed E-state index contributed by atoms with van der Waals surface area (Å²) in [5.74, 6) is 1.06. The van der Waals surface area contributed by atoms with Gasteiger partial charge in [0.15, 0.2) is 0 Å². The van der Waals surface area contributed by atoms with E-state index < -0.39 is 0 Å². The number of nitrogens with zero attached hydrogens (tertiary/aromatic N) is 4. The highest BCUT2D eigenvalue weighted by atomic mass is 79.9. The molecule has 0 N–H and O–H groups in total. The average molecular weight is 293 g/mol. The summed E-state index contributed by atoms with van der Waals surface area (Å²) in [6.45, 7) is 4.47. The van der Waals surface area contributed by atoms with E-state index in [1.807, 2.05) is 7.05 Å². The van der Waals surface area contributed by atoms with E-state index in [-0.39, 0.29) is 0 Å². The van der Waals surface area contributed by atoms with E-state index in [9.17, 15) is 0 Å². The second-order valence-corrected chi connectivity index (χ2v) is 5.22. The average Bonchev–Trinajstić information content (AvgIpc) is 2.67. The van der Waals surface area contributed by atoms with E-state index in [0.29, 0.717) is 5.41 Å². The Balaban J connectivity index is 2.58. The number of tetrazole rings is 1. The predicted octanol–water partition coefficient (Wildman–Crippen LogP) is 2.50. The molecule has 0 aliphatic carbocycles. The molecule has 15 heavy (non-hydrogen) atoms. The van der Waals surface area contributed by atoms with Gasteiger partial charge in [0.1, 0.15) is 0 Å². The van der Waals surface area contributed by atoms with Crippen molar-refractivity contribution >= 4 is 27.7 Å². The number of hydrogen-bond acceptors (Lipinski definition) is 4. The van der Waals surface area contributed by atoms with Crippen LogP contribution in [0.15, 0.2) is 5.16 Å². The van der Waals surface area contributed by atoms with Gasteiger partial charge in [-0.3, -0.25) is 0 Å². The molecule has 1 rings (SSSR count). The lowest BCUT2D eigenvalue weighted by molar-refractivity contribution is 0.359. The molecule has 6 heteroatoms. The zero-order valence-corrected chi connectivity index (χ0v) is 11.8. The van der Waals surface area contributed by atoms with Crippen LogP contribution in [-0.2, 0) is 7.05 Å². The Morgan fingerprint density at radius 3 is 2.47 bits per heavy atom. The first-order valence-corrected chi connectivity index (χ1v) is 7.19. The molecular formula is C9H17BrN4S. The van der Waals surface area contributed by atoms with Crippen LogP contribution in [0, 0.1) is 5.41 Å². The van der Waals surface area contributed by atoms with E-state index in [2.05, 4.69) is 45.3 Å². The fourth-order valence-electron chi connectivity index (χ4n) is 1.24. The molecule has 0 radical (unpaired) electrons. The summed E-state index contributed by atoms with van der Waals surface area (Å²) in [4.78, 5) is 0. The van der Waals surface area contributed by atoms with Crippen molar-refractivity contribution < 1.29 is 0 Å². The molecule has 0 amide bonds. The highest BCUT2D eigenvalue weighted by Gasteiger charge is 2.25. The van der Waals surface area contributed by atoms with E-state index in [0.717, 1.165) is 16.2 Å². The summed E-state index contributed by atoms with van der Waals surface area (Å²) in [5, 5.41) is 13.3. The Labute approximate surface area is 103 Å². The van der Waals surface area contributed by atoms with Gasteiger partial charge in [0.25, 0.3) is 0 Å². The van der Waals surface area contributed by atoms with Crippen molar-refractivity contribution in [2.24, 2.45) is 12.5 Å². The maximum atomic E-state index is 3.97. The first kappa shape index (κ1) is 13.0. The van der Waals surface area contributed by atoms with Crippen molar-refractivity contribution in [2.75, 3.05) is 11.1 Å². The third-order valence-electron chi connectivity index (χ3n) is 2.87. The molecule has 0 saturated heterocycles. The maximum absolute atomic E-state index is 3.97. The van der Waals surface area contributed by atoms with Gasteiger partial charge >= 0.3 is 0 Å². The predicted molar refractivity (Wildman–Crippen MR) is 66.3 cm³/mol. The highest BCUT2D eigenvalue weighted by molar-refractivity contribution is 9.09. The van der Waals surface area contributed by atoms with Crippen molar-refractivity contribution in [3.63, 3.8) is 0 Å². The molecule has 0 atom stereocenters. The van der Waals surface area contributed by atoms with Crippen LogP contribution in [-0.4, -0.2) is 31.3 Å². The molecule has 1 heterocycles. The second kappa shape index (κ2) is 5.84. The molecule has 0 aromatic carbocycles. The zero-order valence-electron chi connectivity index (χ0n) is 9.40. The summed E-state index contributed by atoms with van der Waals surface area (Å²) in [6.07, 6.45) is 2.35. The lowest BCUT2D eigenvalue weighted by Gasteiger charge is -2.28. The molecule has 0 spiro atoms. The fourth-order valence-corrected chi connectivity index (χ4v) is 3.76. The van der Waals surface area contributed by atoms with E-state index in [1.165, 1.54) is 12.8 Å². The minimum absolute atomic E-state index is 0.358. The number of alkyl halides is 1. The number of halogens is 1. The van der Waals surface area contributed by atoms with Gasteiger partial charge in [0, 0.05) is 18.1 Å². The Kier molecular flexibility index (Phi) is 5.05. The Hall–Kier alpha value is -0.100. The third kappa shape index (κ3) is 3.17. The molecule has 0 unspecified atom stereocenters. The summed E-state index contributed by atoms with van der Waals surface area (Å²) < 4.78 is 1.72. The molecule has 86 valence electrons. The van der Waals surface area contributed by atoms with Gasteiger partial charge in [0.2, 0.25) is 5.16 Å². The number of rotatable bonds is 6. The first-order chi connectivity index (χ1) is 7.17. The summed E-state index contributed by atoms with van der Waals surface area (Å²) in [5.41, 5.74) is 0.358. The van der Waals surface area contributed by atoms with Crippen molar-refractivity contribution in [1.82, 2.24) is 20.2 Å². The van der Waals surface area contributed by atoms with Crippen LogP contribution >= 0.6 is 27.7 Å². The van der Waals surface area contributed by atoms with Crippen LogP contribution in [0.25, 0.3) is 0 Å². The molecule has 0 aliphatic rings. The first-order valence-electron chi connectivity index (χ1n) is 5.08. The topological polar surface area (TPSA) is 43.6 Å². The molecule has 1 aromatic heterocycles. The van der Waals surface area contributed by atoms with Crippen molar-refractivity contribution in [1.29, 1.82) is 0 Å². The Morgan fingerprint density at radius 2 is 2.07 bits per heavy atom. The third-order valence-corrected chi connectivity index (χ3v) is 5.42. The van der Waals surface area contributed by atoms with Crippen LogP contribution in [0.1, 0.15) is 26.7 Å². The van der Waals surface area contributed by atoms with E-state index in [4.69, 9.17) is 0 Å². The van der Waals surface area contributed by atoms with Gasteiger partial charge < -0.3 is 0 Å². The molecular weight excluding hydrogens is 276 g/mol. The van der Waals surface area contributed by atoms with Gasteiger partial charge in [0.05, 0.1) is 0 Å². The zero-order chi connectivity index (χ0) is 11.3. The molecule has 0 aliphatic heterocycles. The smallest absolute Gasteiger partial charge is 0.209 e. The molecule has 0 saturated carbocycles. The minimum atomic E-state index is 0.358. The monoisotopic (exact) mass is 292 g/mol. The molecule has 4 nitrogen and oxygen atoms in total. The highest BCUT2D eigenvalue weighted by Crippen LogP contribution is 2.34. The summed E-state index contributed by atoms with van der Waals surface area (Å²) >= 11 is 5.34. The molecule has 0 bridgehead atoms. The number of hydrogen-bond donors (Lipinski definition) is 0. The number of aromatic nitrogens is 4.